The number of hydrogen-bond donors (Lipinski definition) is 1. The zero-order chi connectivity index (χ0) is 12.4. The molecule has 0 radical (unpaired) electrons. The lowest BCUT2D eigenvalue weighted by atomic mass is 10.1. The van der Waals surface area contributed by atoms with Crippen LogP contribution in [0.3, 0.4) is 0 Å². The van der Waals surface area contributed by atoms with Gasteiger partial charge in [0.1, 0.15) is 11.9 Å². The van der Waals surface area contributed by atoms with Crippen molar-refractivity contribution in [2.75, 3.05) is 0 Å². The average molecular weight is 235 g/mol. The van der Waals surface area contributed by atoms with Gasteiger partial charge in [-0.1, -0.05) is 23.4 Å². The van der Waals surface area contributed by atoms with Crippen molar-refractivity contribution in [2.24, 2.45) is 0 Å². The Kier molecular flexibility index (Phi) is 2.91. The van der Waals surface area contributed by atoms with Crippen LogP contribution in [0.25, 0.3) is 11.3 Å². The fraction of sp³-hybridized carbons (Fsp3) is 0.167. The molecule has 1 atom stereocenters. The SMILES string of the molecule is CC(F)c1cccc(-c2cc(C(=O)O)on2)c1. The van der Waals surface area contributed by atoms with E-state index in [4.69, 9.17) is 5.11 Å². The average Bonchev–Trinajstić information content (AvgIpc) is 2.78. The van der Waals surface area contributed by atoms with Crippen LogP contribution >= 0.6 is 0 Å². The quantitative estimate of drug-likeness (QED) is 0.887. The molecule has 1 N–H and O–H groups in total. The highest BCUT2D eigenvalue weighted by Gasteiger charge is 2.13. The Morgan fingerprint density at radius 2 is 2.24 bits per heavy atom. The number of benzene rings is 1. The Bertz CT molecular complexity index is 548. The van der Waals surface area contributed by atoms with Gasteiger partial charge in [0.2, 0.25) is 5.76 Å². The molecule has 1 aromatic carbocycles. The molecule has 2 rings (SSSR count). The minimum Gasteiger partial charge on any atom is -0.475 e. The van der Waals surface area contributed by atoms with Gasteiger partial charge in [-0.05, 0) is 18.6 Å². The van der Waals surface area contributed by atoms with Crippen molar-refractivity contribution in [3.05, 3.63) is 41.7 Å². The lowest BCUT2D eigenvalue weighted by molar-refractivity contribution is 0.0652. The summed E-state index contributed by atoms with van der Waals surface area (Å²) in [5, 5.41) is 12.3. The number of aromatic nitrogens is 1. The molecule has 5 heteroatoms. The molecule has 0 saturated heterocycles. The number of carboxylic acid groups (broad SMARTS) is 1. The van der Waals surface area contributed by atoms with Crippen LogP contribution in [0.4, 0.5) is 4.39 Å². The first-order valence-electron chi connectivity index (χ1n) is 5.02. The number of nitrogens with zero attached hydrogens (tertiary/aromatic N) is 1. The number of aromatic carboxylic acids is 1. The Hall–Kier alpha value is -2.17. The number of hydrogen-bond acceptors (Lipinski definition) is 3. The number of halogens is 1. The van der Waals surface area contributed by atoms with Gasteiger partial charge in [0.25, 0.3) is 0 Å². The molecule has 4 nitrogen and oxygen atoms in total. The predicted molar refractivity (Wildman–Crippen MR) is 58.4 cm³/mol. The van der Waals surface area contributed by atoms with Crippen molar-refractivity contribution in [1.29, 1.82) is 0 Å². The largest absolute Gasteiger partial charge is 0.475 e. The molecular formula is C12H10FNO3. The molecule has 0 aliphatic carbocycles. The van der Waals surface area contributed by atoms with Gasteiger partial charge in [0.15, 0.2) is 0 Å². The van der Waals surface area contributed by atoms with Crippen LogP contribution < -0.4 is 0 Å². The summed E-state index contributed by atoms with van der Waals surface area (Å²) in [6.45, 7) is 1.44. The monoisotopic (exact) mass is 235 g/mol. The highest BCUT2D eigenvalue weighted by molar-refractivity contribution is 5.85. The van der Waals surface area contributed by atoms with Gasteiger partial charge in [0, 0.05) is 11.6 Å². The van der Waals surface area contributed by atoms with Crippen LogP contribution in [0.5, 0.6) is 0 Å². The van der Waals surface area contributed by atoms with Gasteiger partial charge in [-0.25, -0.2) is 9.18 Å². The molecule has 1 unspecified atom stereocenters. The molecule has 1 heterocycles. The maximum Gasteiger partial charge on any atom is 0.374 e. The van der Waals surface area contributed by atoms with E-state index in [0.717, 1.165) is 0 Å². The molecule has 0 fully saturated rings. The molecule has 0 spiro atoms. The van der Waals surface area contributed by atoms with Crippen LogP contribution in [-0.2, 0) is 0 Å². The van der Waals surface area contributed by atoms with Gasteiger partial charge in [0.05, 0.1) is 0 Å². The molecular weight excluding hydrogens is 225 g/mol. The molecule has 0 bridgehead atoms. The summed E-state index contributed by atoms with van der Waals surface area (Å²) < 4.78 is 17.8. The second kappa shape index (κ2) is 4.37. The van der Waals surface area contributed by atoms with Gasteiger partial charge < -0.3 is 9.63 Å². The maximum atomic E-state index is 13.1. The Morgan fingerprint density at radius 1 is 1.47 bits per heavy atom. The van der Waals surface area contributed by atoms with Crippen molar-refractivity contribution >= 4 is 5.97 Å². The van der Waals surface area contributed by atoms with Crippen molar-refractivity contribution in [2.45, 2.75) is 13.1 Å². The standard InChI is InChI=1S/C12H10FNO3/c1-7(13)8-3-2-4-9(5-8)10-6-11(12(15)16)17-14-10/h2-7H,1H3,(H,15,16). The zero-order valence-electron chi connectivity index (χ0n) is 9.05. The molecule has 1 aromatic heterocycles. The number of carboxylic acids is 1. The van der Waals surface area contributed by atoms with Crippen molar-refractivity contribution < 1.29 is 18.8 Å². The molecule has 0 aliphatic heterocycles. The second-order valence-corrected chi connectivity index (χ2v) is 3.62. The third-order valence-electron chi connectivity index (χ3n) is 2.36. The lowest BCUT2D eigenvalue weighted by Crippen LogP contribution is -1.91. The summed E-state index contributed by atoms with van der Waals surface area (Å²) in [6, 6.07) is 8.00. The highest BCUT2D eigenvalue weighted by Crippen LogP contribution is 2.24. The molecule has 0 saturated carbocycles. The number of rotatable bonds is 3. The van der Waals surface area contributed by atoms with Crippen LogP contribution in [0, 0.1) is 0 Å². The first kappa shape index (κ1) is 11.3. The number of alkyl halides is 1. The first-order chi connectivity index (χ1) is 8.08. The van der Waals surface area contributed by atoms with E-state index in [1.165, 1.54) is 13.0 Å². The van der Waals surface area contributed by atoms with E-state index in [1.807, 2.05) is 0 Å². The molecule has 0 amide bonds. The fourth-order valence-electron chi connectivity index (χ4n) is 1.46. The van der Waals surface area contributed by atoms with Gasteiger partial charge in [-0.2, -0.15) is 0 Å². The van der Waals surface area contributed by atoms with E-state index in [1.54, 1.807) is 24.3 Å². The lowest BCUT2D eigenvalue weighted by Gasteiger charge is -2.03. The summed E-state index contributed by atoms with van der Waals surface area (Å²) in [7, 11) is 0. The van der Waals surface area contributed by atoms with Crippen LogP contribution in [0.2, 0.25) is 0 Å². The molecule has 88 valence electrons. The van der Waals surface area contributed by atoms with Crippen molar-refractivity contribution in [1.82, 2.24) is 5.16 Å². The predicted octanol–water partition coefficient (Wildman–Crippen LogP) is 3.07. The molecule has 0 aliphatic rings. The summed E-state index contributed by atoms with van der Waals surface area (Å²) in [5.74, 6) is -1.42. The number of carbonyl (C=O) groups is 1. The second-order valence-electron chi connectivity index (χ2n) is 3.62. The van der Waals surface area contributed by atoms with Crippen LogP contribution in [0.1, 0.15) is 29.2 Å². The van der Waals surface area contributed by atoms with E-state index >= 15 is 0 Å². The maximum absolute atomic E-state index is 13.1. The summed E-state index contributed by atoms with van der Waals surface area (Å²) in [6.07, 6.45) is -1.08. The van der Waals surface area contributed by atoms with E-state index in [-0.39, 0.29) is 5.76 Å². The Morgan fingerprint density at radius 3 is 2.82 bits per heavy atom. The summed E-state index contributed by atoms with van der Waals surface area (Å²) in [5.41, 5.74) is 1.52. The van der Waals surface area contributed by atoms with E-state index < -0.39 is 12.1 Å². The minimum atomic E-state index is -1.18. The first-order valence-corrected chi connectivity index (χ1v) is 5.02. The topological polar surface area (TPSA) is 63.3 Å². The molecule has 17 heavy (non-hydrogen) atoms. The van der Waals surface area contributed by atoms with Crippen molar-refractivity contribution in [3.8, 4) is 11.3 Å². The van der Waals surface area contributed by atoms with Gasteiger partial charge >= 0.3 is 5.97 Å². The minimum absolute atomic E-state index is 0.237. The van der Waals surface area contributed by atoms with Gasteiger partial charge in [-0.15, -0.1) is 0 Å². The highest BCUT2D eigenvalue weighted by atomic mass is 19.1. The normalized spacial score (nSPS) is 12.4. The van der Waals surface area contributed by atoms with E-state index in [2.05, 4.69) is 9.68 Å². The summed E-state index contributed by atoms with van der Waals surface area (Å²) >= 11 is 0. The molecule has 2 aromatic rings. The van der Waals surface area contributed by atoms with Gasteiger partial charge in [-0.3, -0.25) is 0 Å². The van der Waals surface area contributed by atoms with E-state index in [0.29, 0.717) is 16.8 Å². The Balaban J connectivity index is 2.38. The Labute approximate surface area is 96.7 Å². The third-order valence-corrected chi connectivity index (χ3v) is 2.36. The summed E-state index contributed by atoms with van der Waals surface area (Å²) in [4.78, 5) is 10.6. The zero-order valence-corrected chi connectivity index (χ0v) is 9.05. The van der Waals surface area contributed by atoms with Crippen LogP contribution in [-0.4, -0.2) is 16.2 Å². The third kappa shape index (κ3) is 2.33. The van der Waals surface area contributed by atoms with Crippen molar-refractivity contribution in [3.63, 3.8) is 0 Å². The fourth-order valence-corrected chi connectivity index (χ4v) is 1.46. The van der Waals surface area contributed by atoms with Crippen LogP contribution in [0.15, 0.2) is 34.9 Å². The van der Waals surface area contributed by atoms with E-state index in [9.17, 15) is 9.18 Å². The smallest absolute Gasteiger partial charge is 0.374 e.